The van der Waals surface area contributed by atoms with Gasteiger partial charge < -0.3 is 14.6 Å². The zero-order chi connectivity index (χ0) is 14.5. The summed E-state index contributed by atoms with van der Waals surface area (Å²) in [6, 6.07) is 8.82. The fourth-order valence-corrected chi connectivity index (χ4v) is 2.11. The van der Waals surface area contributed by atoms with Crippen LogP contribution in [0.2, 0.25) is 0 Å². The van der Waals surface area contributed by atoms with Crippen molar-refractivity contribution in [3.8, 4) is 0 Å². The van der Waals surface area contributed by atoms with Gasteiger partial charge in [0.25, 0.3) is 0 Å². The summed E-state index contributed by atoms with van der Waals surface area (Å²) in [7, 11) is 0. The van der Waals surface area contributed by atoms with Crippen molar-refractivity contribution in [2.45, 2.75) is 31.7 Å². The third-order valence-electron chi connectivity index (χ3n) is 3.01. The standard InChI is InChI=1S/C15H16O5/c1-10(16)19-15(12-8-5-9-13(17)20-12)14(18)11-6-3-2-4-7-11/h2-7,9,12,14-15,18H,8H2,1H3/t12-,14-,15+/m1/s1. The largest absolute Gasteiger partial charge is 0.455 e. The molecule has 0 amide bonds. The van der Waals surface area contributed by atoms with Gasteiger partial charge in [0.2, 0.25) is 0 Å². The van der Waals surface area contributed by atoms with E-state index >= 15 is 0 Å². The molecule has 1 N–H and O–H groups in total. The first-order valence-corrected chi connectivity index (χ1v) is 6.35. The number of carbonyl (C=O) groups excluding carboxylic acids is 2. The number of cyclic esters (lactones) is 1. The van der Waals surface area contributed by atoms with E-state index in [2.05, 4.69) is 0 Å². The monoisotopic (exact) mass is 276 g/mol. The van der Waals surface area contributed by atoms with Gasteiger partial charge in [0.05, 0.1) is 0 Å². The van der Waals surface area contributed by atoms with E-state index in [4.69, 9.17) is 9.47 Å². The van der Waals surface area contributed by atoms with Gasteiger partial charge in [0, 0.05) is 19.4 Å². The van der Waals surface area contributed by atoms with Crippen LogP contribution in [-0.4, -0.2) is 29.3 Å². The predicted octanol–water partition coefficient (Wildman–Crippen LogP) is 1.52. The number of aliphatic hydroxyl groups is 1. The van der Waals surface area contributed by atoms with Crippen molar-refractivity contribution in [3.63, 3.8) is 0 Å². The predicted molar refractivity (Wildman–Crippen MR) is 70.6 cm³/mol. The van der Waals surface area contributed by atoms with Crippen LogP contribution in [0.25, 0.3) is 0 Å². The Kier molecular flexibility index (Phi) is 4.53. The first kappa shape index (κ1) is 14.3. The summed E-state index contributed by atoms with van der Waals surface area (Å²) in [5, 5.41) is 10.4. The Morgan fingerprint density at radius 3 is 2.70 bits per heavy atom. The number of carbonyl (C=O) groups is 2. The molecular weight excluding hydrogens is 260 g/mol. The van der Waals surface area contributed by atoms with Crippen molar-refractivity contribution in [2.24, 2.45) is 0 Å². The molecule has 5 heteroatoms. The maximum atomic E-state index is 11.3. The first-order valence-electron chi connectivity index (χ1n) is 6.35. The molecule has 1 aromatic rings. The van der Waals surface area contributed by atoms with Gasteiger partial charge in [0.1, 0.15) is 12.2 Å². The average Bonchev–Trinajstić information content (AvgIpc) is 2.45. The average molecular weight is 276 g/mol. The lowest BCUT2D eigenvalue weighted by Crippen LogP contribution is -2.40. The van der Waals surface area contributed by atoms with Crippen molar-refractivity contribution in [1.29, 1.82) is 0 Å². The number of esters is 2. The first-order chi connectivity index (χ1) is 9.58. The number of hydrogen-bond acceptors (Lipinski definition) is 5. The topological polar surface area (TPSA) is 72.8 Å². The van der Waals surface area contributed by atoms with E-state index < -0.39 is 30.3 Å². The minimum Gasteiger partial charge on any atom is -0.455 e. The van der Waals surface area contributed by atoms with Gasteiger partial charge in [-0.25, -0.2) is 4.79 Å². The van der Waals surface area contributed by atoms with Gasteiger partial charge in [-0.15, -0.1) is 0 Å². The molecule has 1 aliphatic heterocycles. The van der Waals surface area contributed by atoms with E-state index in [-0.39, 0.29) is 0 Å². The van der Waals surface area contributed by atoms with Gasteiger partial charge in [-0.3, -0.25) is 4.79 Å². The summed E-state index contributed by atoms with van der Waals surface area (Å²) in [6.45, 7) is 1.26. The fourth-order valence-electron chi connectivity index (χ4n) is 2.11. The Labute approximate surface area is 116 Å². The van der Waals surface area contributed by atoms with Crippen LogP contribution in [0.5, 0.6) is 0 Å². The van der Waals surface area contributed by atoms with E-state index in [1.165, 1.54) is 13.0 Å². The van der Waals surface area contributed by atoms with Crippen LogP contribution in [0.3, 0.4) is 0 Å². The van der Waals surface area contributed by atoms with Crippen molar-refractivity contribution in [3.05, 3.63) is 48.0 Å². The van der Waals surface area contributed by atoms with E-state index in [0.29, 0.717) is 12.0 Å². The summed E-state index contributed by atoms with van der Waals surface area (Å²) < 4.78 is 10.3. The quantitative estimate of drug-likeness (QED) is 0.844. The molecule has 1 heterocycles. The number of ether oxygens (including phenoxy) is 2. The van der Waals surface area contributed by atoms with Gasteiger partial charge in [0.15, 0.2) is 6.10 Å². The second-order valence-electron chi connectivity index (χ2n) is 4.54. The van der Waals surface area contributed by atoms with Gasteiger partial charge in [-0.05, 0) is 5.56 Å². The normalized spacial score (nSPS) is 20.9. The lowest BCUT2D eigenvalue weighted by Gasteiger charge is -2.30. The molecule has 0 aromatic heterocycles. The summed E-state index contributed by atoms with van der Waals surface area (Å²) in [5.41, 5.74) is 0.601. The molecule has 106 valence electrons. The Bertz CT molecular complexity index is 508. The zero-order valence-corrected chi connectivity index (χ0v) is 11.1. The Hall–Kier alpha value is -2.14. The number of hydrogen-bond donors (Lipinski definition) is 1. The third kappa shape index (κ3) is 3.45. The highest BCUT2D eigenvalue weighted by atomic mass is 16.6. The lowest BCUT2D eigenvalue weighted by molar-refractivity contribution is -0.174. The van der Waals surface area contributed by atoms with Crippen LogP contribution in [0.1, 0.15) is 25.0 Å². The molecule has 0 radical (unpaired) electrons. The second kappa shape index (κ2) is 6.34. The van der Waals surface area contributed by atoms with Crippen molar-refractivity contribution >= 4 is 11.9 Å². The van der Waals surface area contributed by atoms with Crippen LogP contribution in [0, 0.1) is 0 Å². The zero-order valence-electron chi connectivity index (χ0n) is 11.1. The number of benzene rings is 1. The summed E-state index contributed by atoms with van der Waals surface area (Å²) in [4.78, 5) is 22.5. The van der Waals surface area contributed by atoms with Gasteiger partial charge in [-0.1, -0.05) is 36.4 Å². The molecule has 2 rings (SSSR count). The second-order valence-corrected chi connectivity index (χ2v) is 4.54. The highest BCUT2D eigenvalue weighted by molar-refractivity contribution is 5.82. The van der Waals surface area contributed by atoms with Gasteiger partial charge >= 0.3 is 11.9 Å². The number of rotatable bonds is 4. The van der Waals surface area contributed by atoms with E-state index in [1.807, 2.05) is 6.07 Å². The molecule has 0 saturated carbocycles. The molecule has 1 aliphatic rings. The molecule has 0 aliphatic carbocycles. The summed E-state index contributed by atoms with van der Waals surface area (Å²) in [5.74, 6) is -1.03. The van der Waals surface area contributed by atoms with Crippen LogP contribution < -0.4 is 0 Å². The van der Waals surface area contributed by atoms with Crippen molar-refractivity contribution < 1.29 is 24.2 Å². The maximum Gasteiger partial charge on any atom is 0.330 e. The summed E-state index contributed by atoms with van der Waals surface area (Å²) >= 11 is 0. The molecular formula is C15H16O5. The summed E-state index contributed by atoms with van der Waals surface area (Å²) in [6.07, 6.45) is 0.689. The molecule has 0 spiro atoms. The Morgan fingerprint density at radius 1 is 1.40 bits per heavy atom. The SMILES string of the molecule is CC(=O)O[C@H]([C@H](O)c1ccccc1)[C@H]1CC=CC(=O)O1. The Morgan fingerprint density at radius 2 is 2.10 bits per heavy atom. The van der Waals surface area contributed by atoms with Gasteiger partial charge in [-0.2, -0.15) is 0 Å². The number of aliphatic hydroxyl groups excluding tert-OH is 1. The van der Waals surface area contributed by atoms with Crippen LogP contribution >= 0.6 is 0 Å². The fraction of sp³-hybridized carbons (Fsp3) is 0.333. The minimum absolute atomic E-state index is 0.396. The lowest BCUT2D eigenvalue weighted by atomic mass is 9.97. The molecule has 0 saturated heterocycles. The highest BCUT2D eigenvalue weighted by Crippen LogP contribution is 2.26. The highest BCUT2D eigenvalue weighted by Gasteiger charge is 2.35. The van der Waals surface area contributed by atoms with Crippen LogP contribution in [0.15, 0.2) is 42.5 Å². The molecule has 5 nitrogen and oxygen atoms in total. The van der Waals surface area contributed by atoms with Crippen molar-refractivity contribution in [1.82, 2.24) is 0 Å². The maximum absolute atomic E-state index is 11.3. The minimum atomic E-state index is -1.05. The smallest absolute Gasteiger partial charge is 0.330 e. The molecule has 0 unspecified atom stereocenters. The molecule has 3 atom stereocenters. The van der Waals surface area contributed by atoms with E-state index in [0.717, 1.165) is 0 Å². The van der Waals surface area contributed by atoms with Crippen molar-refractivity contribution in [2.75, 3.05) is 0 Å². The van der Waals surface area contributed by atoms with Crippen LogP contribution in [0.4, 0.5) is 0 Å². The van der Waals surface area contributed by atoms with E-state index in [9.17, 15) is 14.7 Å². The van der Waals surface area contributed by atoms with Crippen LogP contribution in [-0.2, 0) is 19.1 Å². The molecule has 20 heavy (non-hydrogen) atoms. The van der Waals surface area contributed by atoms with E-state index in [1.54, 1.807) is 30.3 Å². The third-order valence-corrected chi connectivity index (χ3v) is 3.01. The molecule has 0 fully saturated rings. The molecule has 0 bridgehead atoms. The Balaban J connectivity index is 2.21. The molecule has 1 aromatic carbocycles.